The number of benzene rings is 1. The first-order chi connectivity index (χ1) is 8.65. The van der Waals surface area contributed by atoms with E-state index in [4.69, 9.17) is 11.6 Å². The lowest BCUT2D eigenvalue weighted by Gasteiger charge is -2.27. The van der Waals surface area contributed by atoms with E-state index in [-0.39, 0.29) is 5.82 Å². The van der Waals surface area contributed by atoms with Crippen LogP contribution in [0.3, 0.4) is 0 Å². The maximum atomic E-state index is 13.8. The van der Waals surface area contributed by atoms with Crippen molar-refractivity contribution in [2.75, 3.05) is 0 Å². The van der Waals surface area contributed by atoms with Gasteiger partial charge in [-0.3, -0.25) is 0 Å². The topological polar surface area (TPSA) is 0 Å². The molecule has 2 saturated carbocycles. The summed E-state index contributed by atoms with van der Waals surface area (Å²) in [6.45, 7) is 0. The van der Waals surface area contributed by atoms with Crippen molar-refractivity contribution in [2.24, 2.45) is 17.8 Å². The summed E-state index contributed by atoms with van der Waals surface area (Å²) in [6.07, 6.45) is 6.17. The van der Waals surface area contributed by atoms with Crippen LogP contribution in [-0.2, 0) is 6.42 Å². The van der Waals surface area contributed by atoms with Crippen LogP contribution in [0.4, 0.5) is 4.39 Å². The van der Waals surface area contributed by atoms with E-state index in [1.165, 1.54) is 31.7 Å². The number of hydrogen-bond acceptors (Lipinski definition) is 0. The number of alkyl halides is 1. The number of fused-ring (bicyclic) bond motifs is 2. The third kappa shape index (κ3) is 2.34. The molecule has 18 heavy (non-hydrogen) atoms. The van der Waals surface area contributed by atoms with Crippen LogP contribution in [0.25, 0.3) is 0 Å². The van der Waals surface area contributed by atoms with Crippen LogP contribution in [0.2, 0.25) is 5.02 Å². The summed E-state index contributed by atoms with van der Waals surface area (Å²) in [7, 11) is 0. The fourth-order valence-corrected chi connectivity index (χ4v) is 5.02. The van der Waals surface area contributed by atoms with Gasteiger partial charge < -0.3 is 0 Å². The number of rotatable bonds is 3. The van der Waals surface area contributed by atoms with Crippen molar-refractivity contribution in [3.05, 3.63) is 34.6 Å². The third-order valence-electron chi connectivity index (χ3n) is 4.72. The quantitative estimate of drug-likeness (QED) is 0.666. The van der Waals surface area contributed by atoms with Crippen LogP contribution >= 0.6 is 27.5 Å². The zero-order chi connectivity index (χ0) is 12.7. The highest BCUT2D eigenvalue weighted by Gasteiger charge is 2.42. The molecule has 98 valence electrons. The summed E-state index contributed by atoms with van der Waals surface area (Å²) in [4.78, 5) is 0.363. The molecule has 3 heteroatoms. The van der Waals surface area contributed by atoms with Crippen LogP contribution in [0, 0.1) is 23.6 Å². The SMILES string of the molecule is Fc1cccc(Cl)c1CC(Br)C1CC2CCC1C2. The van der Waals surface area contributed by atoms with Gasteiger partial charge >= 0.3 is 0 Å². The molecule has 0 aliphatic heterocycles. The fourth-order valence-electron chi connectivity index (χ4n) is 3.81. The van der Waals surface area contributed by atoms with Crippen LogP contribution < -0.4 is 0 Å². The number of hydrogen-bond donors (Lipinski definition) is 0. The van der Waals surface area contributed by atoms with Crippen molar-refractivity contribution in [2.45, 2.75) is 36.9 Å². The van der Waals surface area contributed by atoms with Gasteiger partial charge in [-0.05, 0) is 55.6 Å². The maximum absolute atomic E-state index is 13.8. The average Bonchev–Trinajstić information content (AvgIpc) is 2.96. The Morgan fingerprint density at radius 2 is 2.17 bits per heavy atom. The standard InChI is InChI=1S/C15H17BrClF/c16-13(11-7-9-4-5-10(11)6-9)8-12-14(17)2-1-3-15(12)18/h1-3,9-11,13H,4-8H2. The minimum atomic E-state index is -0.171. The first-order valence-corrected chi connectivity index (χ1v) is 8.01. The minimum Gasteiger partial charge on any atom is -0.207 e. The molecule has 0 N–H and O–H groups in total. The molecule has 0 saturated heterocycles. The summed E-state index contributed by atoms with van der Waals surface area (Å²) >= 11 is 9.88. The Bertz CT molecular complexity index is 428. The third-order valence-corrected chi connectivity index (χ3v) is 6.08. The molecular weight excluding hydrogens is 315 g/mol. The van der Waals surface area contributed by atoms with E-state index in [1.54, 1.807) is 12.1 Å². The lowest BCUT2D eigenvalue weighted by molar-refractivity contribution is 0.325. The molecule has 4 unspecified atom stereocenters. The predicted molar refractivity (Wildman–Crippen MR) is 76.8 cm³/mol. The largest absolute Gasteiger partial charge is 0.207 e. The highest BCUT2D eigenvalue weighted by molar-refractivity contribution is 9.09. The van der Waals surface area contributed by atoms with E-state index < -0.39 is 0 Å². The van der Waals surface area contributed by atoms with Crippen LogP contribution in [0.15, 0.2) is 18.2 Å². The first kappa shape index (κ1) is 12.9. The van der Waals surface area contributed by atoms with E-state index in [0.717, 1.165) is 11.8 Å². The van der Waals surface area contributed by atoms with E-state index in [9.17, 15) is 4.39 Å². The van der Waals surface area contributed by atoms with Crippen molar-refractivity contribution < 1.29 is 4.39 Å². The Labute approximate surface area is 121 Å². The lowest BCUT2D eigenvalue weighted by Crippen LogP contribution is -2.23. The van der Waals surface area contributed by atoms with Gasteiger partial charge in [0.15, 0.2) is 0 Å². The Morgan fingerprint density at radius 3 is 2.78 bits per heavy atom. The molecular formula is C15H17BrClF. The first-order valence-electron chi connectivity index (χ1n) is 6.72. The molecule has 4 atom stereocenters. The summed E-state index contributed by atoms with van der Waals surface area (Å²) in [6, 6.07) is 4.95. The Balaban J connectivity index is 1.73. The smallest absolute Gasteiger partial charge is 0.127 e. The normalized spacial score (nSPS) is 31.8. The summed E-state index contributed by atoms with van der Waals surface area (Å²) in [5.41, 5.74) is 0.670. The van der Waals surface area contributed by atoms with Gasteiger partial charge in [-0.2, -0.15) is 0 Å². The molecule has 2 bridgehead atoms. The van der Waals surface area contributed by atoms with E-state index in [2.05, 4.69) is 15.9 Å². The van der Waals surface area contributed by atoms with E-state index in [0.29, 0.717) is 27.8 Å². The molecule has 3 rings (SSSR count). The zero-order valence-electron chi connectivity index (χ0n) is 10.2. The molecule has 0 radical (unpaired) electrons. The van der Waals surface area contributed by atoms with Gasteiger partial charge in [0.25, 0.3) is 0 Å². The van der Waals surface area contributed by atoms with E-state index >= 15 is 0 Å². The highest BCUT2D eigenvalue weighted by Crippen LogP contribution is 2.51. The molecule has 2 aliphatic rings. The minimum absolute atomic E-state index is 0.171. The molecule has 1 aromatic carbocycles. The highest BCUT2D eigenvalue weighted by atomic mass is 79.9. The predicted octanol–water partition coefficient (Wildman–Crippen LogP) is 5.22. The monoisotopic (exact) mass is 330 g/mol. The molecule has 1 aromatic rings. The second-order valence-corrected chi connectivity index (χ2v) is 7.34. The van der Waals surface area contributed by atoms with E-state index in [1.807, 2.05) is 0 Å². The Kier molecular flexibility index (Phi) is 3.68. The van der Waals surface area contributed by atoms with Crippen molar-refractivity contribution in [3.8, 4) is 0 Å². The van der Waals surface area contributed by atoms with Gasteiger partial charge in [0, 0.05) is 15.4 Å². The average molecular weight is 332 g/mol. The summed E-state index contributed by atoms with van der Waals surface area (Å²) < 4.78 is 13.8. The second-order valence-electron chi connectivity index (χ2n) is 5.76. The van der Waals surface area contributed by atoms with Crippen molar-refractivity contribution in [1.29, 1.82) is 0 Å². The van der Waals surface area contributed by atoms with Gasteiger partial charge in [-0.1, -0.05) is 40.0 Å². The van der Waals surface area contributed by atoms with Gasteiger partial charge in [-0.25, -0.2) is 4.39 Å². The second kappa shape index (κ2) is 5.13. The van der Waals surface area contributed by atoms with Gasteiger partial charge in [0.1, 0.15) is 5.82 Å². The molecule has 0 spiro atoms. The van der Waals surface area contributed by atoms with Crippen LogP contribution in [0.1, 0.15) is 31.2 Å². The Hall–Kier alpha value is -0.0800. The van der Waals surface area contributed by atoms with Crippen LogP contribution in [0.5, 0.6) is 0 Å². The van der Waals surface area contributed by atoms with Crippen molar-refractivity contribution in [3.63, 3.8) is 0 Å². The maximum Gasteiger partial charge on any atom is 0.127 e. The van der Waals surface area contributed by atoms with Gasteiger partial charge in [0.05, 0.1) is 0 Å². The van der Waals surface area contributed by atoms with Crippen molar-refractivity contribution >= 4 is 27.5 Å². The molecule has 2 aliphatic carbocycles. The summed E-state index contributed by atoms with van der Waals surface area (Å²) in [5.74, 6) is 2.32. The lowest BCUT2D eigenvalue weighted by atomic mass is 9.84. The molecule has 0 amide bonds. The molecule has 0 aromatic heterocycles. The Morgan fingerprint density at radius 1 is 1.33 bits per heavy atom. The van der Waals surface area contributed by atoms with Gasteiger partial charge in [-0.15, -0.1) is 0 Å². The number of halogens is 3. The van der Waals surface area contributed by atoms with Crippen LogP contribution in [-0.4, -0.2) is 4.83 Å². The molecule has 0 nitrogen and oxygen atoms in total. The van der Waals surface area contributed by atoms with Gasteiger partial charge in [0.2, 0.25) is 0 Å². The zero-order valence-corrected chi connectivity index (χ0v) is 12.6. The fraction of sp³-hybridized carbons (Fsp3) is 0.600. The van der Waals surface area contributed by atoms with Crippen molar-refractivity contribution in [1.82, 2.24) is 0 Å². The molecule has 2 fully saturated rings. The molecule has 0 heterocycles. The summed E-state index contributed by atoms with van der Waals surface area (Å²) in [5, 5.41) is 0.558.